The number of ether oxygens (including phenoxy) is 1. The van der Waals surface area contributed by atoms with Crippen molar-refractivity contribution in [1.82, 2.24) is 15.1 Å². The lowest BCUT2D eigenvalue weighted by Gasteiger charge is -2.28. The summed E-state index contributed by atoms with van der Waals surface area (Å²) in [6.07, 6.45) is 1.63. The molecule has 20 heavy (non-hydrogen) atoms. The van der Waals surface area contributed by atoms with Gasteiger partial charge < -0.3 is 10.1 Å². The summed E-state index contributed by atoms with van der Waals surface area (Å²) in [5, 5.41) is 7.81. The third-order valence-electron chi connectivity index (χ3n) is 3.97. The van der Waals surface area contributed by atoms with Gasteiger partial charge in [0, 0.05) is 12.2 Å². The van der Waals surface area contributed by atoms with Crippen LogP contribution in [0.25, 0.3) is 0 Å². The minimum atomic E-state index is -0.662. The van der Waals surface area contributed by atoms with E-state index >= 15 is 0 Å². The van der Waals surface area contributed by atoms with Crippen molar-refractivity contribution in [1.29, 1.82) is 0 Å². The summed E-state index contributed by atoms with van der Waals surface area (Å²) in [6.45, 7) is 11.6. The zero-order valence-corrected chi connectivity index (χ0v) is 13.5. The number of rotatable bonds is 7. The molecule has 1 unspecified atom stereocenters. The Morgan fingerprint density at radius 2 is 2.05 bits per heavy atom. The van der Waals surface area contributed by atoms with Crippen molar-refractivity contribution in [2.75, 3.05) is 13.7 Å². The van der Waals surface area contributed by atoms with Gasteiger partial charge in [-0.15, -0.1) is 0 Å². The Hall–Kier alpha value is -1.36. The van der Waals surface area contributed by atoms with Gasteiger partial charge in [0.15, 0.2) is 0 Å². The molecule has 1 aromatic heterocycles. The highest BCUT2D eigenvalue weighted by molar-refractivity contribution is 5.80. The fourth-order valence-electron chi connectivity index (χ4n) is 2.22. The number of hydrogen-bond donors (Lipinski definition) is 1. The average Bonchev–Trinajstić information content (AvgIpc) is 2.69. The first-order valence-electron chi connectivity index (χ1n) is 7.19. The Labute approximate surface area is 121 Å². The summed E-state index contributed by atoms with van der Waals surface area (Å²) in [5.41, 5.74) is 2.76. The zero-order chi connectivity index (χ0) is 15.3. The summed E-state index contributed by atoms with van der Waals surface area (Å²) >= 11 is 0. The van der Waals surface area contributed by atoms with Crippen LogP contribution in [0.5, 0.6) is 0 Å². The van der Waals surface area contributed by atoms with E-state index in [0.717, 1.165) is 24.4 Å². The van der Waals surface area contributed by atoms with Crippen molar-refractivity contribution in [3.05, 3.63) is 17.0 Å². The number of hydrogen-bond acceptors (Lipinski definition) is 4. The number of carbonyl (C=O) groups excluding carboxylic acids is 1. The number of esters is 1. The molecular weight excluding hydrogens is 254 g/mol. The lowest BCUT2D eigenvalue weighted by Crippen LogP contribution is -2.51. The number of aromatic nitrogens is 2. The molecule has 1 heterocycles. The molecule has 0 saturated carbocycles. The van der Waals surface area contributed by atoms with Crippen LogP contribution in [0.1, 0.15) is 43.6 Å². The molecule has 5 heteroatoms. The van der Waals surface area contributed by atoms with Crippen LogP contribution in [0.4, 0.5) is 0 Å². The maximum Gasteiger partial charge on any atom is 0.325 e. The van der Waals surface area contributed by atoms with E-state index in [1.807, 2.05) is 18.5 Å². The second-order valence-electron chi connectivity index (χ2n) is 5.52. The largest absolute Gasteiger partial charge is 0.468 e. The van der Waals surface area contributed by atoms with E-state index in [9.17, 15) is 4.79 Å². The van der Waals surface area contributed by atoms with E-state index in [1.165, 1.54) is 12.7 Å². The maximum absolute atomic E-state index is 12.0. The molecule has 0 aromatic carbocycles. The topological polar surface area (TPSA) is 56.2 Å². The second-order valence-corrected chi connectivity index (χ2v) is 5.52. The summed E-state index contributed by atoms with van der Waals surface area (Å²) in [4.78, 5) is 12.0. The third kappa shape index (κ3) is 3.60. The molecule has 0 aliphatic rings. The molecule has 0 radical (unpaired) electrons. The van der Waals surface area contributed by atoms with Crippen molar-refractivity contribution in [3.63, 3.8) is 0 Å². The van der Waals surface area contributed by atoms with Crippen LogP contribution in [-0.4, -0.2) is 34.9 Å². The lowest BCUT2D eigenvalue weighted by atomic mass is 9.97. The summed E-state index contributed by atoms with van der Waals surface area (Å²) in [7, 11) is 1.43. The predicted molar refractivity (Wildman–Crippen MR) is 79.8 cm³/mol. The van der Waals surface area contributed by atoms with Gasteiger partial charge in [0.25, 0.3) is 0 Å². The van der Waals surface area contributed by atoms with Gasteiger partial charge in [-0.2, -0.15) is 5.10 Å². The quantitative estimate of drug-likeness (QED) is 0.778. The summed E-state index contributed by atoms with van der Waals surface area (Å²) < 4.78 is 6.90. The van der Waals surface area contributed by atoms with E-state index in [-0.39, 0.29) is 5.97 Å². The van der Waals surface area contributed by atoms with Gasteiger partial charge >= 0.3 is 5.97 Å². The maximum atomic E-state index is 12.0. The van der Waals surface area contributed by atoms with E-state index < -0.39 is 5.54 Å². The Morgan fingerprint density at radius 3 is 2.50 bits per heavy atom. The SMILES string of the molecule is CCCNC(C)(CCn1nc(C)c(C)c1C)C(=O)OC. The molecule has 0 fully saturated rings. The van der Waals surface area contributed by atoms with Gasteiger partial charge in [-0.1, -0.05) is 6.92 Å². The molecule has 1 aromatic rings. The van der Waals surface area contributed by atoms with Crippen molar-refractivity contribution in [2.24, 2.45) is 0 Å². The van der Waals surface area contributed by atoms with Gasteiger partial charge in [0.1, 0.15) is 5.54 Å². The van der Waals surface area contributed by atoms with Gasteiger partial charge in [-0.25, -0.2) is 0 Å². The van der Waals surface area contributed by atoms with Crippen LogP contribution in [0.15, 0.2) is 0 Å². The Balaban J connectivity index is 2.80. The van der Waals surface area contributed by atoms with Crippen LogP contribution in [0.3, 0.4) is 0 Å². The first-order valence-corrected chi connectivity index (χ1v) is 7.19. The molecule has 0 aliphatic carbocycles. The monoisotopic (exact) mass is 281 g/mol. The number of nitrogens with zero attached hydrogens (tertiary/aromatic N) is 2. The minimum absolute atomic E-state index is 0.218. The fraction of sp³-hybridized carbons (Fsp3) is 0.733. The molecule has 0 amide bonds. The number of methoxy groups -OCH3 is 1. The Kier molecular flexibility index (Phi) is 5.74. The van der Waals surface area contributed by atoms with Crippen LogP contribution in [0.2, 0.25) is 0 Å². The Bertz CT molecular complexity index is 468. The smallest absolute Gasteiger partial charge is 0.325 e. The predicted octanol–water partition coefficient (Wildman–Crippen LogP) is 2.13. The zero-order valence-electron chi connectivity index (χ0n) is 13.5. The molecule has 0 bridgehead atoms. The molecule has 0 aliphatic heterocycles. The highest BCUT2D eigenvalue weighted by Gasteiger charge is 2.33. The molecule has 0 saturated heterocycles. The van der Waals surface area contributed by atoms with E-state index in [2.05, 4.69) is 31.2 Å². The first-order chi connectivity index (χ1) is 9.35. The van der Waals surface area contributed by atoms with Crippen LogP contribution >= 0.6 is 0 Å². The van der Waals surface area contributed by atoms with Gasteiger partial charge in [0.2, 0.25) is 0 Å². The summed E-state index contributed by atoms with van der Waals surface area (Å²) in [5.74, 6) is -0.218. The molecule has 1 rings (SSSR count). The van der Waals surface area contributed by atoms with E-state index in [4.69, 9.17) is 4.74 Å². The first kappa shape index (κ1) is 16.7. The van der Waals surface area contributed by atoms with Crippen molar-refractivity contribution in [2.45, 2.75) is 59.5 Å². The van der Waals surface area contributed by atoms with Crippen LogP contribution < -0.4 is 5.32 Å². The molecule has 0 spiro atoms. The van der Waals surface area contributed by atoms with E-state index in [1.54, 1.807) is 0 Å². The average molecular weight is 281 g/mol. The second kappa shape index (κ2) is 6.88. The fourth-order valence-corrected chi connectivity index (χ4v) is 2.22. The highest BCUT2D eigenvalue weighted by atomic mass is 16.5. The summed E-state index contributed by atoms with van der Waals surface area (Å²) in [6, 6.07) is 0. The van der Waals surface area contributed by atoms with Gasteiger partial charge in [-0.3, -0.25) is 9.48 Å². The molecular formula is C15H27N3O2. The molecule has 1 atom stereocenters. The molecule has 114 valence electrons. The number of nitrogens with one attached hydrogen (secondary N) is 1. The van der Waals surface area contributed by atoms with Gasteiger partial charge in [-0.05, 0) is 52.6 Å². The Morgan fingerprint density at radius 1 is 1.40 bits per heavy atom. The minimum Gasteiger partial charge on any atom is -0.468 e. The van der Waals surface area contributed by atoms with E-state index in [0.29, 0.717) is 13.0 Å². The number of aryl methyl sites for hydroxylation is 2. The van der Waals surface area contributed by atoms with Crippen molar-refractivity contribution < 1.29 is 9.53 Å². The van der Waals surface area contributed by atoms with Crippen molar-refractivity contribution >= 4 is 5.97 Å². The van der Waals surface area contributed by atoms with Gasteiger partial charge in [0.05, 0.1) is 12.8 Å². The van der Waals surface area contributed by atoms with Crippen LogP contribution in [-0.2, 0) is 16.1 Å². The highest BCUT2D eigenvalue weighted by Crippen LogP contribution is 2.17. The van der Waals surface area contributed by atoms with Crippen molar-refractivity contribution in [3.8, 4) is 0 Å². The standard InChI is InChI=1S/C15H27N3O2/c1-7-9-16-15(5,14(19)20-6)8-10-18-13(4)11(2)12(3)17-18/h16H,7-10H2,1-6H3. The molecule has 1 N–H and O–H groups in total. The number of carbonyl (C=O) groups is 1. The third-order valence-corrected chi connectivity index (χ3v) is 3.97. The molecule has 5 nitrogen and oxygen atoms in total. The normalized spacial score (nSPS) is 14.1. The van der Waals surface area contributed by atoms with Crippen LogP contribution in [0, 0.1) is 20.8 Å². The lowest BCUT2D eigenvalue weighted by molar-refractivity contribution is -0.148.